The topological polar surface area (TPSA) is 43.1 Å². The Labute approximate surface area is 98.0 Å². The highest BCUT2D eigenvalue weighted by Gasteiger charge is 2.61. The van der Waals surface area contributed by atoms with Crippen LogP contribution in [0.25, 0.3) is 0 Å². The molecule has 2 atom stereocenters. The van der Waals surface area contributed by atoms with Crippen LogP contribution >= 0.6 is 15.9 Å². The van der Waals surface area contributed by atoms with Crippen molar-refractivity contribution in [3.05, 3.63) is 34.3 Å². The lowest BCUT2D eigenvalue weighted by Gasteiger charge is -2.04. The van der Waals surface area contributed by atoms with E-state index in [-0.39, 0.29) is 23.2 Å². The fourth-order valence-corrected chi connectivity index (χ4v) is 3.01. The Kier molecular flexibility index (Phi) is 2.38. The van der Waals surface area contributed by atoms with Crippen molar-refractivity contribution in [1.29, 1.82) is 0 Å². The number of hydrogen-bond donors (Lipinski definition) is 1. The van der Waals surface area contributed by atoms with Crippen LogP contribution in [0.2, 0.25) is 0 Å². The summed E-state index contributed by atoms with van der Waals surface area (Å²) >= 11 is 3.51. The predicted molar refractivity (Wildman–Crippen MR) is 63.3 cm³/mol. The standard InChI is InChI=1S/C12H14BrNO/c1-12(2)9(10(12)11(14)15)7-5-3-4-6-8(7)13/h3-6,9-10H,1-2H3,(H2,14,15). The Morgan fingerprint density at radius 2 is 2.00 bits per heavy atom. The molecule has 0 bridgehead atoms. The van der Waals surface area contributed by atoms with Crippen molar-refractivity contribution in [1.82, 2.24) is 0 Å². The molecule has 80 valence electrons. The second-order valence-corrected chi connectivity index (χ2v) is 5.55. The smallest absolute Gasteiger partial charge is 0.221 e. The van der Waals surface area contributed by atoms with Gasteiger partial charge in [0.1, 0.15) is 0 Å². The fraction of sp³-hybridized carbons (Fsp3) is 0.417. The number of carbonyl (C=O) groups excluding carboxylic acids is 1. The molecule has 0 aliphatic heterocycles. The highest BCUT2D eigenvalue weighted by atomic mass is 79.9. The first kappa shape index (κ1) is 10.7. The van der Waals surface area contributed by atoms with Gasteiger partial charge in [-0.15, -0.1) is 0 Å². The van der Waals surface area contributed by atoms with Gasteiger partial charge in [-0.05, 0) is 17.0 Å². The van der Waals surface area contributed by atoms with Gasteiger partial charge in [-0.25, -0.2) is 0 Å². The van der Waals surface area contributed by atoms with Crippen LogP contribution in [0, 0.1) is 11.3 Å². The number of amides is 1. The molecule has 2 unspecified atom stereocenters. The second-order valence-electron chi connectivity index (χ2n) is 4.70. The Bertz CT molecular complexity index is 414. The molecule has 1 saturated carbocycles. The Hall–Kier alpha value is -0.830. The van der Waals surface area contributed by atoms with Crippen LogP contribution in [0.1, 0.15) is 25.3 Å². The molecular formula is C12H14BrNO. The van der Waals surface area contributed by atoms with E-state index in [0.717, 1.165) is 4.47 Å². The molecule has 15 heavy (non-hydrogen) atoms. The maximum atomic E-state index is 11.3. The normalized spacial score (nSPS) is 27.4. The van der Waals surface area contributed by atoms with Crippen molar-refractivity contribution in [2.75, 3.05) is 0 Å². The van der Waals surface area contributed by atoms with E-state index in [9.17, 15) is 4.79 Å². The van der Waals surface area contributed by atoms with Crippen LogP contribution < -0.4 is 5.73 Å². The molecular weight excluding hydrogens is 254 g/mol. The van der Waals surface area contributed by atoms with Crippen molar-refractivity contribution >= 4 is 21.8 Å². The first-order valence-corrected chi connectivity index (χ1v) is 5.79. The highest BCUT2D eigenvalue weighted by Crippen LogP contribution is 2.65. The van der Waals surface area contributed by atoms with E-state index in [2.05, 4.69) is 35.8 Å². The zero-order valence-electron chi connectivity index (χ0n) is 8.83. The molecule has 0 radical (unpaired) electrons. The number of carbonyl (C=O) groups is 1. The van der Waals surface area contributed by atoms with Crippen LogP contribution in [-0.4, -0.2) is 5.91 Å². The predicted octanol–water partition coefficient (Wildman–Crippen LogP) is 2.67. The van der Waals surface area contributed by atoms with Gasteiger partial charge < -0.3 is 5.73 Å². The van der Waals surface area contributed by atoms with E-state index >= 15 is 0 Å². The molecule has 2 N–H and O–H groups in total. The monoisotopic (exact) mass is 267 g/mol. The number of hydrogen-bond acceptors (Lipinski definition) is 1. The van der Waals surface area contributed by atoms with Crippen LogP contribution in [0.3, 0.4) is 0 Å². The van der Waals surface area contributed by atoms with Gasteiger partial charge in [0.2, 0.25) is 5.91 Å². The molecule has 1 amide bonds. The first-order chi connectivity index (χ1) is 6.96. The third kappa shape index (κ3) is 1.59. The number of nitrogens with two attached hydrogens (primary N) is 1. The van der Waals surface area contributed by atoms with E-state index in [1.807, 2.05) is 18.2 Å². The Balaban J connectivity index is 2.36. The quantitative estimate of drug-likeness (QED) is 0.880. The Morgan fingerprint density at radius 3 is 2.47 bits per heavy atom. The summed E-state index contributed by atoms with van der Waals surface area (Å²) in [6.07, 6.45) is 0. The molecule has 1 aliphatic rings. The third-order valence-corrected chi connectivity index (χ3v) is 4.10. The minimum atomic E-state index is -0.194. The molecule has 2 nitrogen and oxygen atoms in total. The summed E-state index contributed by atoms with van der Waals surface area (Å²) in [4.78, 5) is 11.3. The van der Waals surface area contributed by atoms with Crippen molar-refractivity contribution in [2.24, 2.45) is 17.1 Å². The van der Waals surface area contributed by atoms with Gasteiger partial charge in [0.05, 0.1) is 5.92 Å². The number of benzene rings is 1. The maximum Gasteiger partial charge on any atom is 0.221 e. The highest BCUT2D eigenvalue weighted by molar-refractivity contribution is 9.10. The summed E-state index contributed by atoms with van der Waals surface area (Å²) in [6.45, 7) is 4.18. The van der Waals surface area contributed by atoms with Crippen molar-refractivity contribution in [3.63, 3.8) is 0 Å². The molecule has 2 rings (SSSR count). The van der Waals surface area contributed by atoms with Crippen molar-refractivity contribution < 1.29 is 4.79 Å². The summed E-state index contributed by atoms with van der Waals surface area (Å²) < 4.78 is 1.06. The summed E-state index contributed by atoms with van der Waals surface area (Å²) in [6, 6.07) is 8.02. The van der Waals surface area contributed by atoms with E-state index in [0.29, 0.717) is 0 Å². The lowest BCUT2D eigenvalue weighted by atomic mass is 10.0. The van der Waals surface area contributed by atoms with Gasteiger partial charge >= 0.3 is 0 Å². The van der Waals surface area contributed by atoms with Crippen LogP contribution in [-0.2, 0) is 4.79 Å². The van der Waals surface area contributed by atoms with Crippen molar-refractivity contribution in [3.8, 4) is 0 Å². The van der Waals surface area contributed by atoms with Crippen molar-refractivity contribution in [2.45, 2.75) is 19.8 Å². The molecule has 0 saturated heterocycles. The van der Waals surface area contributed by atoms with Gasteiger partial charge in [-0.2, -0.15) is 0 Å². The van der Waals surface area contributed by atoms with Gasteiger partial charge in [-0.3, -0.25) is 4.79 Å². The number of halogens is 1. The minimum Gasteiger partial charge on any atom is -0.369 e. The molecule has 1 aliphatic carbocycles. The summed E-state index contributed by atoms with van der Waals surface area (Å²) in [5, 5.41) is 0. The average molecular weight is 268 g/mol. The average Bonchev–Trinajstić information content (AvgIpc) is 2.70. The molecule has 1 fully saturated rings. The van der Waals surface area contributed by atoms with E-state index in [4.69, 9.17) is 5.73 Å². The lowest BCUT2D eigenvalue weighted by molar-refractivity contribution is -0.119. The SMILES string of the molecule is CC1(C)C(C(N)=O)C1c1ccccc1Br. The summed E-state index contributed by atoms with van der Waals surface area (Å²) in [5.41, 5.74) is 6.58. The first-order valence-electron chi connectivity index (χ1n) is 5.00. The molecule has 3 heteroatoms. The number of primary amides is 1. The lowest BCUT2D eigenvalue weighted by Crippen LogP contribution is -2.16. The van der Waals surface area contributed by atoms with E-state index < -0.39 is 0 Å². The van der Waals surface area contributed by atoms with Crippen LogP contribution in [0.15, 0.2) is 28.7 Å². The van der Waals surface area contributed by atoms with Gasteiger partial charge in [-0.1, -0.05) is 48.0 Å². The number of rotatable bonds is 2. The largest absolute Gasteiger partial charge is 0.369 e. The van der Waals surface area contributed by atoms with Gasteiger partial charge in [0.25, 0.3) is 0 Å². The van der Waals surface area contributed by atoms with Crippen LogP contribution in [0.5, 0.6) is 0 Å². The maximum absolute atomic E-state index is 11.3. The molecule has 0 heterocycles. The van der Waals surface area contributed by atoms with E-state index in [1.165, 1.54) is 5.56 Å². The molecule has 0 aromatic heterocycles. The zero-order valence-corrected chi connectivity index (χ0v) is 10.4. The molecule has 1 aromatic rings. The minimum absolute atomic E-state index is 0.00426. The van der Waals surface area contributed by atoms with E-state index in [1.54, 1.807) is 0 Å². The van der Waals surface area contributed by atoms with Gasteiger partial charge in [0.15, 0.2) is 0 Å². The van der Waals surface area contributed by atoms with Crippen LogP contribution in [0.4, 0.5) is 0 Å². The Morgan fingerprint density at radius 1 is 1.40 bits per heavy atom. The molecule has 1 aromatic carbocycles. The summed E-state index contributed by atoms with van der Waals surface area (Å²) in [7, 11) is 0. The second kappa shape index (κ2) is 3.34. The fourth-order valence-electron chi connectivity index (χ4n) is 2.48. The molecule has 0 spiro atoms. The van der Waals surface area contributed by atoms with Gasteiger partial charge in [0, 0.05) is 10.4 Å². The third-order valence-electron chi connectivity index (χ3n) is 3.37. The zero-order chi connectivity index (χ0) is 11.2. The summed E-state index contributed by atoms with van der Waals surface area (Å²) in [5.74, 6) is 0.0301.